The number of nitrogens with one attached hydrogen (secondary N) is 1. The van der Waals surface area contributed by atoms with Crippen molar-refractivity contribution in [3.8, 4) is 16.9 Å². The van der Waals surface area contributed by atoms with Crippen LogP contribution < -0.4 is 10.1 Å². The molecule has 0 aromatic heterocycles. The molecule has 25 heavy (non-hydrogen) atoms. The summed E-state index contributed by atoms with van der Waals surface area (Å²) in [6.45, 7) is 7.09. The van der Waals surface area contributed by atoms with Crippen molar-refractivity contribution in [2.24, 2.45) is 0 Å². The Kier molecular flexibility index (Phi) is 5.20. The zero-order chi connectivity index (χ0) is 17.6. The zero-order valence-corrected chi connectivity index (χ0v) is 14.8. The molecule has 0 aliphatic carbocycles. The Morgan fingerprint density at radius 2 is 1.64 bits per heavy atom. The van der Waals surface area contributed by atoms with Gasteiger partial charge in [-0.2, -0.15) is 0 Å². The van der Waals surface area contributed by atoms with E-state index in [1.807, 2.05) is 24.3 Å². The first kappa shape index (κ1) is 16.8. The van der Waals surface area contributed by atoms with Crippen LogP contribution >= 0.6 is 0 Å². The molecular weight excluding hydrogens is 306 g/mol. The summed E-state index contributed by atoms with van der Waals surface area (Å²) in [5, 5.41) is 3.47. The van der Waals surface area contributed by atoms with E-state index in [4.69, 9.17) is 4.74 Å². The molecule has 0 unspecified atom stereocenters. The maximum absolute atomic E-state index is 5.43. The van der Waals surface area contributed by atoms with E-state index in [1.165, 1.54) is 16.7 Å². The first-order valence-corrected chi connectivity index (χ1v) is 8.41. The van der Waals surface area contributed by atoms with Gasteiger partial charge in [0.15, 0.2) is 0 Å². The highest BCUT2D eigenvalue weighted by atomic mass is 16.5. The fraction of sp³-hybridized carbons (Fsp3) is 0.130. The fourth-order valence-corrected chi connectivity index (χ4v) is 3.07. The number of hydrogen-bond acceptors (Lipinski definition) is 2. The Bertz CT molecular complexity index is 868. The zero-order valence-electron chi connectivity index (χ0n) is 14.8. The molecule has 2 heteroatoms. The normalized spacial score (nSPS) is 10.3. The largest absolute Gasteiger partial charge is 0.496 e. The average Bonchev–Trinajstić information content (AvgIpc) is 2.66. The van der Waals surface area contributed by atoms with Gasteiger partial charge in [0.1, 0.15) is 5.75 Å². The summed E-state index contributed by atoms with van der Waals surface area (Å²) in [4.78, 5) is 0. The lowest BCUT2D eigenvalue weighted by atomic mass is 9.94. The lowest BCUT2D eigenvalue weighted by Gasteiger charge is -2.18. The highest BCUT2D eigenvalue weighted by Gasteiger charge is 2.11. The molecule has 0 radical (unpaired) electrons. The number of para-hydroxylation sites is 1. The number of methoxy groups -OCH3 is 1. The molecule has 2 nitrogen and oxygen atoms in total. The van der Waals surface area contributed by atoms with Crippen molar-refractivity contribution < 1.29 is 4.74 Å². The van der Waals surface area contributed by atoms with Crippen molar-refractivity contribution in [1.82, 2.24) is 5.32 Å². The summed E-state index contributed by atoms with van der Waals surface area (Å²) in [6, 6.07) is 24.8. The van der Waals surface area contributed by atoms with Crippen LogP contribution in [0.3, 0.4) is 0 Å². The Morgan fingerprint density at radius 1 is 0.920 bits per heavy atom. The molecule has 0 atom stereocenters. The Labute approximate surface area is 149 Å². The molecule has 0 aliphatic heterocycles. The number of rotatable bonds is 6. The van der Waals surface area contributed by atoms with Crippen LogP contribution in [0.1, 0.15) is 16.7 Å². The maximum atomic E-state index is 5.43. The summed E-state index contributed by atoms with van der Waals surface area (Å²) in [5.74, 6) is 0.885. The van der Waals surface area contributed by atoms with Gasteiger partial charge in [0.2, 0.25) is 0 Å². The van der Waals surface area contributed by atoms with E-state index in [-0.39, 0.29) is 0 Å². The van der Waals surface area contributed by atoms with Crippen molar-refractivity contribution in [2.45, 2.75) is 13.5 Å². The predicted octanol–water partition coefficient (Wildman–Crippen LogP) is 5.43. The van der Waals surface area contributed by atoms with Crippen molar-refractivity contribution in [3.63, 3.8) is 0 Å². The molecule has 126 valence electrons. The molecule has 0 aliphatic rings. The quantitative estimate of drug-likeness (QED) is 0.651. The van der Waals surface area contributed by atoms with Crippen LogP contribution in [0.5, 0.6) is 5.75 Å². The van der Waals surface area contributed by atoms with Crippen molar-refractivity contribution >= 4 is 5.70 Å². The van der Waals surface area contributed by atoms with Crippen LogP contribution in [0.15, 0.2) is 79.4 Å². The number of aryl methyl sites for hydroxylation is 1. The van der Waals surface area contributed by atoms with Crippen molar-refractivity contribution in [1.29, 1.82) is 0 Å². The fourth-order valence-electron chi connectivity index (χ4n) is 3.07. The molecule has 0 heterocycles. The summed E-state index contributed by atoms with van der Waals surface area (Å²) < 4.78 is 5.43. The standard InChI is InChI=1S/C23H23NO/c1-17-10-9-14-21(19-11-5-4-6-12-19)23(17)18(2)24-16-20-13-7-8-15-22(20)25-3/h4-15,24H,2,16H2,1,3H3. The van der Waals surface area contributed by atoms with Gasteiger partial charge in [-0.3, -0.25) is 0 Å². The minimum Gasteiger partial charge on any atom is -0.496 e. The second-order valence-corrected chi connectivity index (χ2v) is 6.01. The van der Waals surface area contributed by atoms with Gasteiger partial charge in [-0.1, -0.05) is 73.3 Å². The Hall–Kier alpha value is -3.00. The molecule has 0 spiro atoms. The van der Waals surface area contributed by atoms with Gasteiger partial charge in [-0.05, 0) is 29.7 Å². The third kappa shape index (κ3) is 3.74. The van der Waals surface area contributed by atoms with Crippen LogP contribution in [0.2, 0.25) is 0 Å². The van der Waals surface area contributed by atoms with Crippen molar-refractivity contribution in [3.05, 3.63) is 96.1 Å². The summed E-state index contributed by atoms with van der Waals surface area (Å²) in [7, 11) is 1.70. The second-order valence-electron chi connectivity index (χ2n) is 6.01. The Balaban J connectivity index is 1.88. The van der Waals surface area contributed by atoms with Gasteiger partial charge in [-0.25, -0.2) is 0 Å². The van der Waals surface area contributed by atoms with Gasteiger partial charge in [0.05, 0.1) is 7.11 Å². The minimum atomic E-state index is 0.672. The van der Waals surface area contributed by atoms with Gasteiger partial charge >= 0.3 is 0 Å². The number of hydrogen-bond donors (Lipinski definition) is 1. The number of benzene rings is 3. The summed E-state index contributed by atoms with van der Waals surface area (Å²) >= 11 is 0. The molecule has 0 saturated carbocycles. The van der Waals surface area contributed by atoms with E-state index < -0.39 is 0 Å². The highest BCUT2D eigenvalue weighted by molar-refractivity contribution is 5.81. The van der Waals surface area contributed by atoms with Gasteiger partial charge in [-0.15, -0.1) is 0 Å². The van der Waals surface area contributed by atoms with E-state index >= 15 is 0 Å². The molecule has 0 amide bonds. The second kappa shape index (κ2) is 7.71. The maximum Gasteiger partial charge on any atom is 0.123 e. The lowest BCUT2D eigenvalue weighted by molar-refractivity contribution is 0.409. The van der Waals surface area contributed by atoms with Crippen LogP contribution in [0, 0.1) is 6.92 Å². The molecule has 0 bridgehead atoms. The summed E-state index contributed by atoms with van der Waals surface area (Å²) in [6.07, 6.45) is 0. The van der Waals surface area contributed by atoms with Crippen LogP contribution in [-0.4, -0.2) is 7.11 Å². The highest BCUT2D eigenvalue weighted by Crippen LogP contribution is 2.30. The first-order valence-electron chi connectivity index (χ1n) is 8.41. The average molecular weight is 329 g/mol. The minimum absolute atomic E-state index is 0.672. The Morgan fingerprint density at radius 3 is 2.40 bits per heavy atom. The van der Waals surface area contributed by atoms with E-state index in [0.717, 1.165) is 22.6 Å². The predicted molar refractivity (Wildman–Crippen MR) is 105 cm³/mol. The van der Waals surface area contributed by atoms with Gasteiger partial charge in [0.25, 0.3) is 0 Å². The molecule has 3 rings (SSSR count). The molecule has 3 aromatic rings. The third-order valence-corrected chi connectivity index (χ3v) is 4.34. The summed E-state index contributed by atoms with van der Waals surface area (Å²) in [5.41, 5.74) is 6.78. The van der Waals surface area contributed by atoms with E-state index in [1.54, 1.807) is 7.11 Å². The monoisotopic (exact) mass is 329 g/mol. The lowest BCUT2D eigenvalue weighted by Crippen LogP contribution is -2.13. The molecule has 0 saturated heterocycles. The van der Waals surface area contributed by atoms with Crippen LogP contribution in [0.4, 0.5) is 0 Å². The smallest absolute Gasteiger partial charge is 0.123 e. The topological polar surface area (TPSA) is 21.3 Å². The van der Waals surface area contributed by atoms with Crippen LogP contribution in [0.25, 0.3) is 16.8 Å². The van der Waals surface area contributed by atoms with E-state index in [0.29, 0.717) is 6.54 Å². The van der Waals surface area contributed by atoms with Gasteiger partial charge < -0.3 is 10.1 Å². The van der Waals surface area contributed by atoms with Crippen LogP contribution in [-0.2, 0) is 6.54 Å². The molecule has 1 N–H and O–H groups in total. The van der Waals surface area contributed by atoms with E-state index in [2.05, 4.69) is 67.4 Å². The SMILES string of the molecule is C=C(NCc1ccccc1OC)c1c(C)cccc1-c1ccccc1. The molecule has 3 aromatic carbocycles. The molecule has 0 fully saturated rings. The van der Waals surface area contributed by atoms with Gasteiger partial charge in [0, 0.05) is 23.4 Å². The third-order valence-electron chi connectivity index (χ3n) is 4.34. The number of ether oxygens (including phenoxy) is 1. The van der Waals surface area contributed by atoms with Crippen molar-refractivity contribution in [2.75, 3.05) is 7.11 Å². The first-order chi connectivity index (χ1) is 12.2. The van der Waals surface area contributed by atoms with E-state index in [9.17, 15) is 0 Å². The molecular formula is C23H23NO.